The molecule has 0 aliphatic carbocycles. The van der Waals surface area contributed by atoms with Gasteiger partial charge in [-0.25, -0.2) is 4.98 Å². The van der Waals surface area contributed by atoms with Crippen molar-refractivity contribution in [1.82, 2.24) is 15.0 Å². The van der Waals surface area contributed by atoms with E-state index in [1.165, 1.54) is 0 Å². The minimum Gasteiger partial charge on any atom is -0.342 e. The molecular formula is C19H21F3N4. The number of para-hydroxylation sites is 2. The minimum absolute atomic E-state index is 0.233. The molecule has 0 spiro atoms. The maximum Gasteiger partial charge on any atom is 0.406 e. The number of nitrogens with two attached hydrogens (primary N) is 1. The highest BCUT2D eigenvalue weighted by Crippen LogP contribution is 2.41. The van der Waals surface area contributed by atoms with Gasteiger partial charge in [-0.3, -0.25) is 4.98 Å². The fourth-order valence-corrected chi connectivity index (χ4v) is 3.34. The number of alkyl halides is 3. The second kappa shape index (κ2) is 6.39. The van der Waals surface area contributed by atoms with Gasteiger partial charge in [-0.05, 0) is 41.7 Å². The molecule has 0 fully saturated rings. The van der Waals surface area contributed by atoms with Gasteiger partial charge in [-0.2, -0.15) is 13.2 Å². The summed E-state index contributed by atoms with van der Waals surface area (Å²) in [6, 6.07) is 10.6. The van der Waals surface area contributed by atoms with E-state index in [0.717, 1.165) is 5.56 Å². The Labute approximate surface area is 149 Å². The Balaban J connectivity index is 1.93. The van der Waals surface area contributed by atoms with Gasteiger partial charge in [0, 0.05) is 18.8 Å². The number of imidazole rings is 1. The van der Waals surface area contributed by atoms with E-state index in [9.17, 15) is 13.2 Å². The monoisotopic (exact) mass is 362 g/mol. The van der Waals surface area contributed by atoms with Crippen LogP contribution in [0, 0.1) is 0 Å². The first-order valence-electron chi connectivity index (χ1n) is 8.30. The number of aromatic nitrogens is 3. The summed E-state index contributed by atoms with van der Waals surface area (Å²) in [5, 5.41) is 0. The lowest BCUT2D eigenvalue weighted by Gasteiger charge is -2.38. The Bertz CT molecular complexity index is 853. The summed E-state index contributed by atoms with van der Waals surface area (Å²) in [4.78, 5) is 11.1. The third-order valence-electron chi connectivity index (χ3n) is 4.71. The summed E-state index contributed by atoms with van der Waals surface area (Å²) in [6.45, 7) is 3.52. The standard InChI is InChI=1S/C19H21F3N4/c1-17(2,13-7-9-24-10-8-13)12-18(23,19(20,21)22)11-16-25-14-5-3-4-6-15(14)26-16/h3-10H,11-12,23H2,1-2H3,(H,25,26). The summed E-state index contributed by atoms with van der Waals surface area (Å²) in [5.74, 6) is 0.233. The third-order valence-corrected chi connectivity index (χ3v) is 4.71. The number of nitrogens with one attached hydrogen (secondary N) is 1. The highest BCUT2D eigenvalue weighted by Gasteiger charge is 2.54. The molecule has 0 aliphatic heterocycles. The van der Waals surface area contributed by atoms with Crippen LogP contribution in [0.3, 0.4) is 0 Å². The van der Waals surface area contributed by atoms with Gasteiger partial charge in [0.2, 0.25) is 0 Å². The zero-order chi connectivity index (χ0) is 19.0. The molecule has 0 saturated heterocycles. The van der Waals surface area contributed by atoms with E-state index in [1.54, 1.807) is 62.6 Å². The first-order valence-corrected chi connectivity index (χ1v) is 8.30. The molecule has 0 saturated carbocycles. The molecule has 138 valence electrons. The first kappa shape index (κ1) is 18.4. The smallest absolute Gasteiger partial charge is 0.342 e. The van der Waals surface area contributed by atoms with Crippen LogP contribution in [0.2, 0.25) is 0 Å². The Morgan fingerprint density at radius 2 is 1.69 bits per heavy atom. The van der Waals surface area contributed by atoms with Crippen molar-refractivity contribution in [3.63, 3.8) is 0 Å². The lowest BCUT2D eigenvalue weighted by Crippen LogP contribution is -2.58. The summed E-state index contributed by atoms with van der Waals surface area (Å²) < 4.78 is 41.7. The van der Waals surface area contributed by atoms with Gasteiger partial charge in [0.1, 0.15) is 11.4 Å². The number of halogens is 3. The molecule has 0 aliphatic rings. The minimum atomic E-state index is -4.57. The second-order valence-corrected chi connectivity index (χ2v) is 7.33. The third kappa shape index (κ3) is 3.58. The predicted molar refractivity (Wildman–Crippen MR) is 94.7 cm³/mol. The predicted octanol–water partition coefficient (Wildman–Crippen LogP) is 4.13. The molecule has 4 nitrogen and oxygen atoms in total. The molecule has 1 unspecified atom stereocenters. The van der Waals surface area contributed by atoms with Crippen molar-refractivity contribution in [2.75, 3.05) is 0 Å². The highest BCUT2D eigenvalue weighted by molar-refractivity contribution is 5.74. The van der Waals surface area contributed by atoms with Crippen LogP contribution in [0.5, 0.6) is 0 Å². The molecular weight excluding hydrogens is 341 g/mol. The SMILES string of the molecule is CC(C)(CC(N)(Cc1nc2ccccc2[nH]1)C(F)(F)F)c1ccncc1. The first-order chi connectivity index (χ1) is 12.1. The number of benzene rings is 1. The lowest BCUT2D eigenvalue weighted by molar-refractivity contribution is -0.191. The van der Waals surface area contributed by atoms with Gasteiger partial charge < -0.3 is 10.7 Å². The van der Waals surface area contributed by atoms with Crippen molar-refractivity contribution in [3.8, 4) is 0 Å². The van der Waals surface area contributed by atoms with E-state index in [4.69, 9.17) is 5.73 Å². The molecule has 3 aromatic rings. The highest BCUT2D eigenvalue weighted by atomic mass is 19.4. The average Bonchev–Trinajstić information content (AvgIpc) is 2.96. The number of hydrogen-bond donors (Lipinski definition) is 2. The Morgan fingerprint density at radius 1 is 1.04 bits per heavy atom. The summed E-state index contributed by atoms with van der Waals surface area (Å²) in [7, 11) is 0. The van der Waals surface area contributed by atoms with Crippen LogP contribution in [0.1, 0.15) is 31.7 Å². The van der Waals surface area contributed by atoms with Gasteiger partial charge in [0.25, 0.3) is 0 Å². The van der Waals surface area contributed by atoms with Crippen molar-refractivity contribution in [2.24, 2.45) is 5.73 Å². The van der Waals surface area contributed by atoms with Crippen molar-refractivity contribution in [1.29, 1.82) is 0 Å². The van der Waals surface area contributed by atoms with Crippen LogP contribution < -0.4 is 5.73 Å². The molecule has 0 amide bonds. The number of H-pyrrole nitrogens is 1. The van der Waals surface area contributed by atoms with Crippen LogP contribution in [-0.4, -0.2) is 26.7 Å². The molecule has 0 bridgehead atoms. The molecule has 1 atom stereocenters. The molecule has 1 aromatic carbocycles. The lowest BCUT2D eigenvalue weighted by atomic mass is 9.73. The Hall–Kier alpha value is -2.41. The van der Waals surface area contributed by atoms with Gasteiger partial charge in [-0.1, -0.05) is 26.0 Å². The zero-order valence-corrected chi connectivity index (χ0v) is 14.6. The number of rotatable bonds is 5. The van der Waals surface area contributed by atoms with Crippen molar-refractivity contribution < 1.29 is 13.2 Å². The van der Waals surface area contributed by atoms with Crippen molar-refractivity contribution >= 4 is 11.0 Å². The normalized spacial score (nSPS) is 15.2. The molecule has 3 N–H and O–H groups in total. The van der Waals surface area contributed by atoms with Gasteiger partial charge >= 0.3 is 6.18 Å². The molecule has 7 heteroatoms. The molecule has 3 rings (SSSR count). The number of hydrogen-bond acceptors (Lipinski definition) is 3. The summed E-state index contributed by atoms with van der Waals surface area (Å²) in [5.41, 5.74) is 4.84. The quantitative estimate of drug-likeness (QED) is 0.717. The molecule has 26 heavy (non-hydrogen) atoms. The van der Waals surface area contributed by atoms with Crippen LogP contribution in [0.25, 0.3) is 11.0 Å². The number of pyridine rings is 1. The van der Waals surface area contributed by atoms with Crippen LogP contribution >= 0.6 is 0 Å². The maximum atomic E-state index is 13.9. The second-order valence-electron chi connectivity index (χ2n) is 7.33. The van der Waals surface area contributed by atoms with E-state index in [0.29, 0.717) is 11.0 Å². The van der Waals surface area contributed by atoms with E-state index >= 15 is 0 Å². The number of aromatic amines is 1. The van der Waals surface area contributed by atoms with Crippen LogP contribution in [0.15, 0.2) is 48.8 Å². The Morgan fingerprint density at radius 3 is 2.31 bits per heavy atom. The topological polar surface area (TPSA) is 67.6 Å². The number of nitrogens with zero attached hydrogens (tertiary/aromatic N) is 2. The van der Waals surface area contributed by atoms with Crippen molar-refractivity contribution in [2.45, 2.75) is 43.8 Å². The fraction of sp³-hybridized carbons (Fsp3) is 0.368. The van der Waals surface area contributed by atoms with Crippen LogP contribution in [-0.2, 0) is 11.8 Å². The average molecular weight is 362 g/mol. The molecule has 2 aromatic heterocycles. The largest absolute Gasteiger partial charge is 0.406 e. The van der Waals surface area contributed by atoms with E-state index in [-0.39, 0.29) is 12.2 Å². The number of fused-ring (bicyclic) bond motifs is 1. The van der Waals surface area contributed by atoms with Gasteiger partial charge in [0.05, 0.1) is 11.0 Å². The maximum absolute atomic E-state index is 13.9. The molecule has 0 radical (unpaired) electrons. The van der Waals surface area contributed by atoms with Crippen LogP contribution in [0.4, 0.5) is 13.2 Å². The zero-order valence-electron chi connectivity index (χ0n) is 14.6. The van der Waals surface area contributed by atoms with Gasteiger partial charge in [0.15, 0.2) is 0 Å². The van der Waals surface area contributed by atoms with E-state index < -0.39 is 23.6 Å². The fourth-order valence-electron chi connectivity index (χ4n) is 3.34. The summed E-state index contributed by atoms with van der Waals surface area (Å²) in [6.07, 6.45) is -2.12. The van der Waals surface area contributed by atoms with Crippen molar-refractivity contribution in [3.05, 3.63) is 60.2 Å². The molecule has 2 heterocycles. The summed E-state index contributed by atoms with van der Waals surface area (Å²) >= 11 is 0. The van der Waals surface area contributed by atoms with Gasteiger partial charge in [-0.15, -0.1) is 0 Å². The Kier molecular flexibility index (Phi) is 4.52. The van der Waals surface area contributed by atoms with E-state index in [1.807, 2.05) is 0 Å². The van der Waals surface area contributed by atoms with E-state index in [2.05, 4.69) is 15.0 Å².